The van der Waals surface area contributed by atoms with Gasteiger partial charge in [0.1, 0.15) is 18.7 Å². The molecule has 4 aromatic rings. The molecule has 4 aromatic carbocycles. The van der Waals surface area contributed by atoms with Crippen LogP contribution in [0, 0.1) is 11.8 Å². The van der Waals surface area contributed by atoms with Gasteiger partial charge in [0.15, 0.2) is 0 Å². The van der Waals surface area contributed by atoms with Crippen LogP contribution >= 0.6 is 0 Å². The Hall–Kier alpha value is -5.44. The summed E-state index contributed by atoms with van der Waals surface area (Å²) in [4.78, 5) is 52.3. The summed E-state index contributed by atoms with van der Waals surface area (Å²) in [5.74, 6) is -2.30. The van der Waals surface area contributed by atoms with Gasteiger partial charge in [0.25, 0.3) is 0 Å². The van der Waals surface area contributed by atoms with Gasteiger partial charge in [0.2, 0.25) is 17.7 Å². The van der Waals surface area contributed by atoms with Crippen molar-refractivity contribution in [2.45, 2.75) is 57.5 Å². The average molecular weight is 675 g/mol. The Morgan fingerprint density at radius 3 is 2.16 bits per heavy atom. The number of primary amides is 1. The van der Waals surface area contributed by atoms with Crippen LogP contribution in [0.15, 0.2) is 104 Å². The third-order valence-electron chi connectivity index (χ3n) is 9.60. The molecule has 1 unspecified atom stereocenters. The molecule has 0 fully saturated rings. The highest BCUT2D eigenvalue weighted by atomic mass is 16.5. The molecule has 260 valence electrons. The number of ether oxygens (including phenoxy) is 1. The van der Waals surface area contributed by atoms with E-state index in [-0.39, 0.29) is 24.4 Å². The molecule has 0 saturated carbocycles. The third-order valence-corrected chi connectivity index (χ3v) is 9.60. The molecule has 5 N–H and O–H groups in total. The number of nitrogens with one attached hydrogen (secondary N) is 3. The summed E-state index contributed by atoms with van der Waals surface area (Å²) in [6.45, 7) is 8.00. The van der Waals surface area contributed by atoms with E-state index in [0.29, 0.717) is 25.8 Å². The highest BCUT2D eigenvalue weighted by molar-refractivity contribution is 5.94. The number of carbonyl (C=O) groups excluding carboxylic acids is 4. The second-order valence-corrected chi connectivity index (χ2v) is 13.0. The van der Waals surface area contributed by atoms with E-state index in [1.165, 1.54) is 0 Å². The normalized spacial score (nSPS) is 14.4. The monoisotopic (exact) mass is 674 g/mol. The first-order chi connectivity index (χ1) is 24.2. The number of amides is 4. The quantitative estimate of drug-likeness (QED) is 0.108. The van der Waals surface area contributed by atoms with Crippen molar-refractivity contribution in [1.82, 2.24) is 16.0 Å². The van der Waals surface area contributed by atoms with Gasteiger partial charge in [0.05, 0.1) is 6.42 Å². The summed E-state index contributed by atoms with van der Waals surface area (Å²) in [5, 5.41) is 10.6. The first-order valence-corrected chi connectivity index (χ1v) is 17.3. The standard InChI is InChI=1S/C41H46N4O5/c1-4-13-27(22-29-16-12-15-28-14-6-7-17-30(28)29)24-43-39(47)36(23-37(42)46)44-40(48)38(26(3)5-2)45-41(49)50-25-35-33-20-10-8-18-31(33)32-19-9-11-21-34(32)35/h4,6-12,14-21,26-27,35-36,38H,1,5,13,22-25H2,2-3H3,(H2,42,46)(H,43,47)(H,44,48)(H,45,49)/t26?,27-,36-,38-/m0/s1. The molecule has 0 bridgehead atoms. The van der Waals surface area contributed by atoms with Gasteiger partial charge in [-0.15, -0.1) is 6.58 Å². The van der Waals surface area contributed by atoms with E-state index in [0.717, 1.165) is 38.6 Å². The highest BCUT2D eigenvalue weighted by Crippen LogP contribution is 2.44. The molecule has 0 aromatic heterocycles. The number of allylic oxidation sites excluding steroid dienone is 1. The Morgan fingerprint density at radius 1 is 0.860 bits per heavy atom. The van der Waals surface area contributed by atoms with Crippen molar-refractivity contribution in [2.75, 3.05) is 13.2 Å². The number of rotatable bonds is 16. The first kappa shape index (κ1) is 35.9. The maximum atomic E-state index is 13.6. The zero-order chi connectivity index (χ0) is 35.6. The highest BCUT2D eigenvalue weighted by Gasteiger charge is 2.33. The first-order valence-electron chi connectivity index (χ1n) is 17.3. The number of hydrogen-bond acceptors (Lipinski definition) is 5. The van der Waals surface area contributed by atoms with Crippen LogP contribution in [-0.2, 0) is 25.5 Å². The van der Waals surface area contributed by atoms with Gasteiger partial charge in [-0.05, 0) is 63.3 Å². The van der Waals surface area contributed by atoms with Gasteiger partial charge < -0.3 is 26.4 Å². The molecule has 1 aliphatic rings. The predicted octanol–water partition coefficient (Wildman–Crippen LogP) is 6.00. The average Bonchev–Trinajstić information content (AvgIpc) is 3.44. The van der Waals surface area contributed by atoms with Crippen molar-refractivity contribution >= 4 is 34.6 Å². The van der Waals surface area contributed by atoms with E-state index in [9.17, 15) is 19.2 Å². The zero-order valence-electron chi connectivity index (χ0n) is 28.7. The summed E-state index contributed by atoms with van der Waals surface area (Å²) >= 11 is 0. The van der Waals surface area contributed by atoms with Crippen LogP contribution in [0.4, 0.5) is 4.79 Å². The second kappa shape index (κ2) is 16.8. The molecule has 1 aliphatic carbocycles. The minimum atomic E-state index is -1.22. The summed E-state index contributed by atoms with van der Waals surface area (Å²) in [5.41, 5.74) is 11.0. The molecule has 4 amide bonds. The summed E-state index contributed by atoms with van der Waals surface area (Å²) in [6, 6.07) is 28.1. The van der Waals surface area contributed by atoms with E-state index in [4.69, 9.17) is 10.5 Å². The van der Waals surface area contributed by atoms with Gasteiger partial charge in [-0.1, -0.05) is 117 Å². The van der Waals surface area contributed by atoms with E-state index in [2.05, 4.69) is 58.9 Å². The molecule has 4 atom stereocenters. The third kappa shape index (κ3) is 8.58. The predicted molar refractivity (Wildman–Crippen MR) is 196 cm³/mol. The molecular formula is C41H46N4O5. The summed E-state index contributed by atoms with van der Waals surface area (Å²) in [7, 11) is 0. The lowest BCUT2D eigenvalue weighted by Gasteiger charge is -2.26. The maximum Gasteiger partial charge on any atom is 0.407 e. The topological polar surface area (TPSA) is 140 Å². The van der Waals surface area contributed by atoms with Crippen molar-refractivity contribution in [2.24, 2.45) is 17.6 Å². The number of carbonyl (C=O) groups is 4. The second-order valence-electron chi connectivity index (χ2n) is 13.0. The van der Waals surface area contributed by atoms with Gasteiger partial charge in [0, 0.05) is 12.5 Å². The fraction of sp³-hybridized carbons (Fsp3) is 0.317. The fourth-order valence-corrected chi connectivity index (χ4v) is 6.77. The number of fused-ring (bicyclic) bond motifs is 4. The molecule has 5 rings (SSSR count). The lowest BCUT2D eigenvalue weighted by atomic mass is 9.92. The van der Waals surface area contributed by atoms with Crippen LogP contribution in [0.3, 0.4) is 0 Å². The van der Waals surface area contributed by atoms with Crippen LogP contribution in [0.25, 0.3) is 21.9 Å². The molecule has 0 heterocycles. The van der Waals surface area contributed by atoms with Crippen molar-refractivity contribution < 1.29 is 23.9 Å². The largest absolute Gasteiger partial charge is 0.449 e. The zero-order valence-corrected chi connectivity index (χ0v) is 28.7. The van der Waals surface area contributed by atoms with Crippen LogP contribution in [0.1, 0.15) is 55.7 Å². The van der Waals surface area contributed by atoms with Crippen molar-refractivity contribution in [3.05, 3.63) is 120 Å². The Kier molecular flexibility index (Phi) is 12.0. The van der Waals surface area contributed by atoms with Crippen molar-refractivity contribution in [1.29, 1.82) is 0 Å². The Bertz CT molecular complexity index is 1810. The summed E-state index contributed by atoms with van der Waals surface area (Å²) < 4.78 is 5.70. The van der Waals surface area contributed by atoms with Gasteiger partial charge in [-0.25, -0.2) is 4.79 Å². The Labute approximate surface area is 293 Å². The fourth-order valence-electron chi connectivity index (χ4n) is 6.77. The minimum absolute atomic E-state index is 0.0234. The number of alkyl carbamates (subject to hydrolysis) is 1. The van der Waals surface area contributed by atoms with Gasteiger partial charge in [-0.3, -0.25) is 14.4 Å². The molecule has 0 radical (unpaired) electrons. The van der Waals surface area contributed by atoms with E-state index < -0.39 is 42.3 Å². The summed E-state index contributed by atoms with van der Waals surface area (Å²) in [6.07, 6.45) is 2.58. The maximum absolute atomic E-state index is 13.6. The number of hydrogen-bond donors (Lipinski definition) is 4. The molecule has 0 aliphatic heterocycles. The van der Waals surface area contributed by atoms with E-state index in [1.54, 1.807) is 0 Å². The molecule has 50 heavy (non-hydrogen) atoms. The Balaban J connectivity index is 1.22. The van der Waals surface area contributed by atoms with Crippen LogP contribution in [-0.4, -0.2) is 49.1 Å². The lowest BCUT2D eigenvalue weighted by Crippen LogP contribution is -2.56. The number of benzene rings is 4. The van der Waals surface area contributed by atoms with Gasteiger partial charge >= 0.3 is 6.09 Å². The Morgan fingerprint density at radius 2 is 1.50 bits per heavy atom. The number of nitrogens with two attached hydrogens (primary N) is 1. The lowest BCUT2D eigenvalue weighted by molar-refractivity contribution is -0.132. The minimum Gasteiger partial charge on any atom is -0.449 e. The SMILES string of the molecule is C=CC[C@H](CNC(=O)[C@H](CC(N)=O)NC(=O)[C@@H](NC(=O)OCC1c2ccccc2-c2ccccc21)C(C)CC)Cc1cccc2ccccc12. The van der Waals surface area contributed by atoms with Crippen molar-refractivity contribution in [3.63, 3.8) is 0 Å². The molecule has 0 spiro atoms. The molecule has 9 heteroatoms. The smallest absolute Gasteiger partial charge is 0.407 e. The van der Waals surface area contributed by atoms with E-state index >= 15 is 0 Å². The van der Waals surface area contributed by atoms with Crippen molar-refractivity contribution in [3.8, 4) is 11.1 Å². The molecule has 0 saturated heterocycles. The van der Waals surface area contributed by atoms with Crippen LogP contribution in [0.2, 0.25) is 0 Å². The van der Waals surface area contributed by atoms with Gasteiger partial charge in [-0.2, -0.15) is 0 Å². The van der Waals surface area contributed by atoms with Crippen LogP contribution in [0.5, 0.6) is 0 Å². The molecule has 9 nitrogen and oxygen atoms in total. The van der Waals surface area contributed by atoms with E-state index in [1.807, 2.05) is 74.5 Å². The molecular weight excluding hydrogens is 628 g/mol. The van der Waals surface area contributed by atoms with Crippen LogP contribution < -0.4 is 21.7 Å².